The van der Waals surface area contributed by atoms with Crippen molar-refractivity contribution in [3.05, 3.63) is 89.2 Å². The molecule has 0 spiro atoms. The van der Waals surface area contributed by atoms with Crippen molar-refractivity contribution in [2.45, 2.75) is 4.90 Å². The first-order valence-electron chi connectivity index (χ1n) is 8.85. The number of nitrogens with zero attached hydrogens (tertiary/aromatic N) is 2. The van der Waals surface area contributed by atoms with Gasteiger partial charge in [-0.25, -0.2) is 9.97 Å². The summed E-state index contributed by atoms with van der Waals surface area (Å²) >= 11 is 11.2. The van der Waals surface area contributed by atoms with Gasteiger partial charge in [-0.05, 0) is 58.2 Å². The first kappa shape index (κ1) is 19.9. The van der Waals surface area contributed by atoms with Gasteiger partial charge >= 0.3 is 0 Å². The minimum atomic E-state index is -1.19. The van der Waals surface area contributed by atoms with E-state index in [0.29, 0.717) is 26.9 Å². The zero-order valence-corrected chi connectivity index (χ0v) is 17.8. The van der Waals surface area contributed by atoms with E-state index in [2.05, 4.69) is 22.1 Å². The Morgan fingerprint density at radius 1 is 0.724 bits per heavy atom. The molecule has 1 heterocycles. The Labute approximate surface area is 182 Å². The fourth-order valence-corrected chi connectivity index (χ4v) is 4.21. The summed E-state index contributed by atoms with van der Waals surface area (Å²) in [6.45, 7) is 0. The van der Waals surface area contributed by atoms with Gasteiger partial charge in [0.15, 0.2) is 4.90 Å². The van der Waals surface area contributed by atoms with E-state index in [1.54, 1.807) is 24.5 Å². The van der Waals surface area contributed by atoms with Crippen molar-refractivity contribution in [1.29, 1.82) is 0 Å². The summed E-state index contributed by atoms with van der Waals surface area (Å²) in [5, 5.41) is 0.662. The van der Waals surface area contributed by atoms with Crippen molar-refractivity contribution in [1.82, 2.24) is 9.97 Å². The Morgan fingerprint density at radius 3 is 2.03 bits per heavy atom. The molecular formula is C23H16Cl2N2OS. The number of benzene rings is 3. The van der Waals surface area contributed by atoms with Crippen LogP contribution in [0.15, 0.2) is 83.8 Å². The van der Waals surface area contributed by atoms with Gasteiger partial charge in [0.05, 0.1) is 17.0 Å². The van der Waals surface area contributed by atoms with Crippen LogP contribution in [0.4, 0.5) is 0 Å². The summed E-state index contributed by atoms with van der Waals surface area (Å²) in [5.74, 6) is 0. The standard InChI is InChI=1S/C23H16Cl2N2OS/c1-29(28)22-12-11-18(24)13-19(22)21-14-20(26-23(25)27-21)17-9-7-16(8-10-17)15-5-3-2-4-6-15/h2-14H,1H3. The molecule has 0 aliphatic rings. The van der Waals surface area contributed by atoms with Gasteiger partial charge in [-0.1, -0.05) is 66.2 Å². The van der Waals surface area contributed by atoms with E-state index in [1.807, 2.05) is 48.5 Å². The fourth-order valence-electron chi connectivity index (χ4n) is 3.12. The SMILES string of the molecule is C[S+]([O-])c1ccc(Cl)cc1-c1cc(-c2ccc(-c3ccccc3)cc2)nc(Cl)n1. The lowest BCUT2D eigenvalue weighted by Gasteiger charge is -2.12. The highest BCUT2D eigenvalue weighted by molar-refractivity contribution is 7.90. The van der Waals surface area contributed by atoms with Crippen LogP contribution in [-0.2, 0) is 11.2 Å². The molecule has 0 saturated heterocycles. The van der Waals surface area contributed by atoms with Crippen molar-refractivity contribution < 1.29 is 4.55 Å². The van der Waals surface area contributed by atoms with Crippen molar-refractivity contribution >= 4 is 34.4 Å². The van der Waals surface area contributed by atoms with Crippen LogP contribution in [0.1, 0.15) is 0 Å². The first-order valence-corrected chi connectivity index (χ1v) is 11.2. The fraction of sp³-hybridized carbons (Fsp3) is 0.0435. The average molecular weight is 439 g/mol. The van der Waals surface area contributed by atoms with Crippen LogP contribution in [-0.4, -0.2) is 20.8 Å². The van der Waals surface area contributed by atoms with Crippen LogP contribution in [0.25, 0.3) is 33.6 Å². The van der Waals surface area contributed by atoms with Crippen LogP contribution in [0.3, 0.4) is 0 Å². The number of hydrogen-bond acceptors (Lipinski definition) is 3. The van der Waals surface area contributed by atoms with Gasteiger partial charge in [-0.15, -0.1) is 0 Å². The van der Waals surface area contributed by atoms with E-state index in [9.17, 15) is 4.55 Å². The highest BCUT2D eigenvalue weighted by Gasteiger charge is 2.17. The molecule has 0 amide bonds. The predicted octanol–water partition coefficient (Wildman–Crippen LogP) is 6.52. The summed E-state index contributed by atoms with van der Waals surface area (Å²) in [7, 11) is 0. The molecule has 1 atom stereocenters. The molecule has 0 saturated carbocycles. The van der Waals surface area contributed by atoms with Gasteiger partial charge in [0.2, 0.25) is 5.28 Å². The maximum atomic E-state index is 12.2. The Kier molecular flexibility index (Phi) is 5.88. The van der Waals surface area contributed by atoms with Crippen molar-refractivity contribution in [3.63, 3.8) is 0 Å². The second-order valence-electron chi connectivity index (χ2n) is 6.45. The van der Waals surface area contributed by atoms with E-state index in [-0.39, 0.29) is 5.28 Å². The van der Waals surface area contributed by atoms with Crippen LogP contribution in [0.2, 0.25) is 10.3 Å². The van der Waals surface area contributed by atoms with Gasteiger partial charge in [0, 0.05) is 10.6 Å². The molecule has 0 fully saturated rings. The second kappa shape index (κ2) is 8.56. The van der Waals surface area contributed by atoms with Gasteiger partial charge in [-0.2, -0.15) is 0 Å². The molecule has 0 radical (unpaired) electrons. The normalized spacial score (nSPS) is 12.0. The molecule has 3 aromatic carbocycles. The van der Waals surface area contributed by atoms with Crippen molar-refractivity contribution in [3.8, 4) is 33.6 Å². The molecule has 0 aliphatic heterocycles. The first-order chi connectivity index (χ1) is 14.0. The van der Waals surface area contributed by atoms with Crippen LogP contribution >= 0.6 is 23.2 Å². The van der Waals surface area contributed by atoms with Crippen LogP contribution in [0.5, 0.6) is 0 Å². The summed E-state index contributed by atoms with van der Waals surface area (Å²) in [6.07, 6.45) is 1.62. The van der Waals surface area contributed by atoms with Crippen LogP contribution in [0, 0.1) is 0 Å². The summed E-state index contributed by atoms with van der Waals surface area (Å²) in [4.78, 5) is 9.36. The maximum Gasteiger partial charge on any atom is 0.223 e. The lowest BCUT2D eigenvalue weighted by atomic mass is 10.0. The zero-order chi connectivity index (χ0) is 20.4. The summed E-state index contributed by atoms with van der Waals surface area (Å²) in [6, 6.07) is 25.3. The van der Waals surface area contributed by atoms with E-state index in [0.717, 1.165) is 16.7 Å². The van der Waals surface area contributed by atoms with Crippen molar-refractivity contribution in [2.24, 2.45) is 0 Å². The van der Waals surface area contributed by atoms with Gasteiger partial charge < -0.3 is 4.55 Å². The number of aromatic nitrogens is 2. The molecule has 0 N–H and O–H groups in total. The van der Waals surface area contributed by atoms with E-state index < -0.39 is 11.2 Å². The minimum Gasteiger partial charge on any atom is -0.612 e. The second-order valence-corrected chi connectivity index (χ2v) is 8.57. The third-order valence-corrected chi connectivity index (χ3v) is 5.89. The molecule has 144 valence electrons. The molecule has 4 aromatic rings. The number of rotatable bonds is 4. The molecule has 6 heteroatoms. The van der Waals surface area contributed by atoms with E-state index in [1.165, 1.54) is 0 Å². The smallest absolute Gasteiger partial charge is 0.223 e. The Bertz CT molecular complexity index is 1150. The Balaban J connectivity index is 1.76. The molecule has 29 heavy (non-hydrogen) atoms. The monoisotopic (exact) mass is 438 g/mol. The molecule has 1 unspecified atom stereocenters. The average Bonchev–Trinajstić information content (AvgIpc) is 2.74. The van der Waals surface area contributed by atoms with Gasteiger partial charge in [-0.3, -0.25) is 0 Å². The summed E-state index contributed by atoms with van der Waals surface area (Å²) < 4.78 is 12.2. The van der Waals surface area contributed by atoms with E-state index >= 15 is 0 Å². The third kappa shape index (κ3) is 4.46. The molecule has 0 bridgehead atoms. The topological polar surface area (TPSA) is 48.8 Å². The summed E-state index contributed by atoms with van der Waals surface area (Å²) in [5.41, 5.74) is 5.14. The lowest BCUT2D eigenvalue weighted by molar-refractivity contribution is 0.601. The lowest BCUT2D eigenvalue weighted by Crippen LogP contribution is -2.01. The zero-order valence-electron chi connectivity index (χ0n) is 15.5. The predicted molar refractivity (Wildman–Crippen MR) is 121 cm³/mol. The molecule has 3 nitrogen and oxygen atoms in total. The number of hydrogen-bond donors (Lipinski definition) is 0. The Hall–Kier alpha value is -2.37. The van der Waals surface area contributed by atoms with Crippen LogP contribution < -0.4 is 0 Å². The highest BCUT2D eigenvalue weighted by atomic mass is 35.5. The third-order valence-electron chi connectivity index (χ3n) is 4.51. The largest absolute Gasteiger partial charge is 0.612 e. The Morgan fingerprint density at radius 2 is 1.34 bits per heavy atom. The van der Waals surface area contributed by atoms with Gasteiger partial charge in [0.1, 0.15) is 6.26 Å². The molecule has 0 aliphatic carbocycles. The molecular weight excluding hydrogens is 423 g/mol. The highest BCUT2D eigenvalue weighted by Crippen LogP contribution is 2.32. The van der Waals surface area contributed by atoms with E-state index in [4.69, 9.17) is 23.2 Å². The molecule has 4 rings (SSSR count). The minimum absolute atomic E-state index is 0.123. The molecule has 1 aromatic heterocycles. The van der Waals surface area contributed by atoms with Crippen molar-refractivity contribution in [2.75, 3.05) is 6.26 Å². The number of halogens is 2. The van der Waals surface area contributed by atoms with Gasteiger partial charge in [0.25, 0.3) is 0 Å². The maximum absolute atomic E-state index is 12.2. The quantitative estimate of drug-likeness (QED) is 0.269.